The molecule has 0 fully saturated rings. The van der Waals surface area contributed by atoms with E-state index in [9.17, 15) is 4.79 Å². The monoisotopic (exact) mass is 244 g/mol. The number of methoxy groups -OCH3 is 1. The van der Waals surface area contributed by atoms with Gasteiger partial charge in [0.05, 0.1) is 7.11 Å². The molecule has 3 heteroatoms. The molecular weight excluding hydrogens is 228 g/mol. The highest BCUT2D eigenvalue weighted by atomic mass is 16.6. The zero-order valence-corrected chi connectivity index (χ0v) is 10.8. The average Bonchev–Trinajstić information content (AvgIpc) is 3.16. The van der Waals surface area contributed by atoms with Crippen LogP contribution in [-0.2, 0) is 20.7 Å². The molecule has 0 amide bonds. The lowest BCUT2D eigenvalue weighted by Crippen LogP contribution is -1.96. The predicted molar refractivity (Wildman–Crippen MR) is 69.6 cm³/mol. The molecule has 2 rings (SSSR count). The van der Waals surface area contributed by atoms with Gasteiger partial charge in [-0.2, -0.15) is 0 Å². The molecule has 0 unspecified atom stereocenters. The van der Waals surface area contributed by atoms with Crippen LogP contribution in [0.3, 0.4) is 0 Å². The Hall–Kier alpha value is -2.03. The maximum Gasteiger partial charge on any atom is 0.378 e. The van der Waals surface area contributed by atoms with Gasteiger partial charge in [-0.05, 0) is 25.8 Å². The van der Waals surface area contributed by atoms with Gasteiger partial charge in [0.25, 0.3) is 5.76 Å². The third-order valence-corrected chi connectivity index (χ3v) is 2.70. The highest BCUT2D eigenvalue weighted by molar-refractivity contribution is 6.01. The molecule has 1 aromatic carbocycles. The third-order valence-electron chi connectivity index (χ3n) is 2.70. The van der Waals surface area contributed by atoms with Gasteiger partial charge in [0.1, 0.15) is 0 Å². The molecule has 0 saturated heterocycles. The lowest BCUT2D eigenvalue weighted by atomic mass is 10.1. The molecule has 0 aliphatic carbocycles. The van der Waals surface area contributed by atoms with Crippen molar-refractivity contribution in [3.63, 3.8) is 0 Å². The summed E-state index contributed by atoms with van der Waals surface area (Å²) < 4.78 is 9.73. The number of hydrogen-bond donors (Lipinski definition) is 0. The Morgan fingerprint density at radius 3 is 2.50 bits per heavy atom. The van der Waals surface area contributed by atoms with Crippen LogP contribution < -0.4 is 0 Å². The van der Waals surface area contributed by atoms with Crippen molar-refractivity contribution in [1.82, 2.24) is 0 Å². The van der Waals surface area contributed by atoms with Crippen LogP contribution in [-0.4, -0.2) is 13.1 Å². The lowest BCUT2D eigenvalue weighted by molar-refractivity contribution is -0.137. The van der Waals surface area contributed by atoms with Gasteiger partial charge < -0.3 is 9.47 Å². The molecule has 94 valence electrons. The van der Waals surface area contributed by atoms with Crippen molar-refractivity contribution in [2.24, 2.45) is 0 Å². The van der Waals surface area contributed by atoms with E-state index in [1.165, 1.54) is 18.2 Å². The van der Waals surface area contributed by atoms with Crippen molar-refractivity contribution in [2.75, 3.05) is 7.11 Å². The van der Waals surface area contributed by atoms with E-state index in [1.54, 1.807) is 0 Å². The number of benzene rings is 1. The molecule has 0 aromatic heterocycles. The summed E-state index contributed by atoms with van der Waals surface area (Å²) in [5.74, 6) is 0.517. The Morgan fingerprint density at radius 1 is 1.28 bits per heavy atom. The second-order valence-corrected chi connectivity index (χ2v) is 4.43. The highest BCUT2D eigenvalue weighted by Crippen LogP contribution is 2.36. The molecule has 18 heavy (non-hydrogen) atoms. The molecule has 3 nitrogen and oxygen atoms in total. The molecule has 0 N–H and O–H groups in total. The van der Waals surface area contributed by atoms with E-state index in [0.29, 0.717) is 11.5 Å². The fourth-order valence-electron chi connectivity index (χ4n) is 1.61. The number of carbonyl (C=O) groups is 1. The fraction of sp³-hybridized carbons (Fsp3) is 0.267. The van der Waals surface area contributed by atoms with Crippen LogP contribution >= 0.6 is 0 Å². The third kappa shape index (κ3) is 2.80. The largest absolute Gasteiger partial charge is 0.463 e. The van der Waals surface area contributed by atoms with Crippen molar-refractivity contribution in [3.05, 3.63) is 52.8 Å². The highest BCUT2D eigenvalue weighted by Gasteiger charge is 2.34. The van der Waals surface area contributed by atoms with Crippen LogP contribution in [0.15, 0.2) is 41.7 Å². The number of esters is 1. The second-order valence-electron chi connectivity index (χ2n) is 4.43. The summed E-state index contributed by atoms with van der Waals surface area (Å²) in [4.78, 5) is 11.2. The number of rotatable bonds is 4. The van der Waals surface area contributed by atoms with Crippen molar-refractivity contribution in [3.8, 4) is 0 Å². The molecular formula is C15H16O3. The van der Waals surface area contributed by atoms with Crippen LogP contribution in [0, 0.1) is 0 Å². The Morgan fingerprint density at radius 2 is 1.94 bits per heavy atom. The predicted octanol–water partition coefficient (Wildman–Crippen LogP) is 3.07. The normalized spacial score (nSPS) is 12.8. The number of carbonyl (C=O) groups excluding carboxylic acids is 1. The molecule has 1 aromatic rings. The second kappa shape index (κ2) is 5.08. The van der Waals surface area contributed by atoms with Gasteiger partial charge in [-0.1, -0.05) is 35.9 Å². The van der Waals surface area contributed by atoms with E-state index in [0.717, 1.165) is 12.0 Å². The molecule has 1 heterocycles. The summed E-state index contributed by atoms with van der Waals surface area (Å²) in [6.45, 7) is 4.17. The topological polar surface area (TPSA) is 38.8 Å². The van der Waals surface area contributed by atoms with E-state index >= 15 is 0 Å². The summed E-state index contributed by atoms with van der Waals surface area (Å²) >= 11 is 0. The molecule has 0 atom stereocenters. The smallest absolute Gasteiger partial charge is 0.378 e. The zero-order chi connectivity index (χ0) is 13.1. The van der Waals surface area contributed by atoms with Crippen LogP contribution in [0.2, 0.25) is 0 Å². The summed E-state index contributed by atoms with van der Waals surface area (Å²) in [7, 11) is 1.34. The molecule has 0 radical (unpaired) electrons. The molecule has 0 bridgehead atoms. The van der Waals surface area contributed by atoms with E-state index in [2.05, 4.69) is 24.7 Å². The van der Waals surface area contributed by atoms with Crippen molar-refractivity contribution in [1.29, 1.82) is 0 Å². The number of ether oxygens (including phenoxy) is 2. The van der Waals surface area contributed by atoms with Gasteiger partial charge in [-0.3, -0.25) is 0 Å². The van der Waals surface area contributed by atoms with Gasteiger partial charge in [0, 0.05) is 5.56 Å². The standard InChI is InChI=1S/C15H16O3/c1-10(2)4-5-11-6-8-12(9-7-11)13-14(18-13)15(16)17-3/h4,6-9H,5H2,1-3H3. The van der Waals surface area contributed by atoms with Gasteiger partial charge >= 0.3 is 5.97 Å². The Balaban J connectivity index is 2.08. The van der Waals surface area contributed by atoms with E-state index in [4.69, 9.17) is 4.74 Å². The Bertz CT molecular complexity index is 517. The first-order valence-electron chi connectivity index (χ1n) is 5.85. The summed E-state index contributed by atoms with van der Waals surface area (Å²) in [6, 6.07) is 8.00. The summed E-state index contributed by atoms with van der Waals surface area (Å²) in [5, 5.41) is 0. The van der Waals surface area contributed by atoms with E-state index in [-0.39, 0.29) is 0 Å². The Labute approximate surface area is 107 Å². The fourth-order valence-corrected chi connectivity index (χ4v) is 1.61. The van der Waals surface area contributed by atoms with E-state index in [1.807, 2.05) is 24.3 Å². The summed E-state index contributed by atoms with van der Waals surface area (Å²) in [6.07, 6.45) is 3.11. The van der Waals surface area contributed by atoms with Crippen LogP contribution in [0.4, 0.5) is 0 Å². The molecule has 1 aliphatic rings. The van der Waals surface area contributed by atoms with Crippen molar-refractivity contribution >= 4 is 11.7 Å². The first kappa shape index (κ1) is 12.4. The number of allylic oxidation sites excluding steroid dienone is 2. The zero-order valence-electron chi connectivity index (χ0n) is 10.8. The molecule has 0 saturated carbocycles. The van der Waals surface area contributed by atoms with Crippen LogP contribution in [0.25, 0.3) is 5.76 Å². The molecule has 0 spiro atoms. The number of hydrogen-bond acceptors (Lipinski definition) is 3. The van der Waals surface area contributed by atoms with Crippen molar-refractivity contribution in [2.45, 2.75) is 20.3 Å². The first-order valence-corrected chi connectivity index (χ1v) is 5.85. The minimum atomic E-state index is -0.418. The maximum atomic E-state index is 11.2. The lowest BCUT2D eigenvalue weighted by Gasteiger charge is -1.98. The van der Waals surface area contributed by atoms with Gasteiger partial charge in [-0.15, -0.1) is 0 Å². The minimum Gasteiger partial charge on any atom is -0.463 e. The quantitative estimate of drug-likeness (QED) is 0.603. The first-order chi connectivity index (χ1) is 8.61. The SMILES string of the molecule is COC(=O)C1=C(c2ccc(CC=C(C)C)cc2)O1. The Kier molecular flexibility index (Phi) is 3.51. The van der Waals surface area contributed by atoms with Gasteiger partial charge in [0.15, 0.2) is 5.76 Å². The molecule has 1 aliphatic heterocycles. The van der Waals surface area contributed by atoms with Gasteiger partial charge in [0.2, 0.25) is 0 Å². The van der Waals surface area contributed by atoms with Crippen LogP contribution in [0.5, 0.6) is 0 Å². The van der Waals surface area contributed by atoms with Crippen LogP contribution in [0.1, 0.15) is 25.0 Å². The maximum absolute atomic E-state index is 11.2. The summed E-state index contributed by atoms with van der Waals surface area (Å²) in [5.41, 5.74) is 3.46. The van der Waals surface area contributed by atoms with Crippen molar-refractivity contribution < 1.29 is 14.3 Å². The minimum absolute atomic E-state index is 0.314. The average molecular weight is 244 g/mol. The van der Waals surface area contributed by atoms with E-state index < -0.39 is 5.97 Å². The van der Waals surface area contributed by atoms with Gasteiger partial charge in [-0.25, -0.2) is 4.79 Å².